The van der Waals surface area contributed by atoms with E-state index in [9.17, 15) is 14.4 Å². The van der Waals surface area contributed by atoms with Crippen LogP contribution in [-0.4, -0.2) is 35.1 Å². The number of ether oxygens (including phenoxy) is 2. The average Bonchev–Trinajstić information content (AvgIpc) is 2.95. The van der Waals surface area contributed by atoms with Gasteiger partial charge in [-0.25, -0.2) is 0 Å². The number of hydrogen-bond acceptors (Lipinski definition) is 6. The van der Waals surface area contributed by atoms with Gasteiger partial charge in [0.15, 0.2) is 11.5 Å². The van der Waals surface area contributed by atoms with Gasteiger partial charge in [-0.3, -0.25) is 19.3 Å². The quantitative estimate of drug-likeness (QED) is 0.618. The minimum atomic E-state index is -0.751. The highest BCUT2D eigenvalue weighted by atomic mass is 35.5. The zero-order chi connectivity index (χ0) is 21.7. The molecule has 30 heavy (non-hydrogen) atoms. The first-order valence-corrected chi connectivity index (χ1v) is 10.2. The van der Waals surface area contributed by atoms with Crippen LogP contribution in [0.25, 0.3) is 6.08 Å². The molecule has 3 rings (SSSR count). The maximum Gasteiger partial charge on any atom is 0.294 e. The van der Waals surface area contributed by atoms with Gasteiger partial charge in [0.2, 0.25) is 5.91 Å². The zero-order valence-electron chi connectivity index (χ0n) is 16.1. The topological polar surface area (TPSA) is 98.9 Å². The smallest absolute Gasteiger partial charge is 0.294 e. The minimum absolute atomic E-state index is 0.205. The number of halogens is 1. The Balaban J connectivity index is 1.79. The van der Waals surface area contributed by atoms with Crippen molar-refractivity contribution in [1.82, 2.24) is 4.90 Å². The molecule has 0 aromatic heterocycles. The predicted molar refractivity (Wildman–Crippen MR) is 115 cm³/mol. The summed E-state index contributed by atoms with van der Waals surface area (Å²) in [5.41, 5.74) is 6.66. The summed E-state index contributed by atoms with van der Waals surface area (Å²) < 4.78 is 11.5. The molecule has 1 saturated heterocycles. The van der Waals surface area contributed by atoms with Gasteiger partial charge in [0.05, 0.1) is 11.5 Å². The first-order chi connectivity index (χ1) is 14.4. The van der Waals surface area contributed by atoms with Gasteiger partial charge in [0, 0.05) is 5.02 Å². The zero-order valence-corrected chi connectivity index (χ0v) is 17.7. The number of hydrogen-bond donors (Lipinski definition) is 1. The van der Waals surface area contributed by atoms with Crippen molar-refractivity contribution in [3.8, 4) is 11.5 Å². The molecule has 0 aliphatic carbocycles. The van der Waals surface area contributed by atoms with E-state index in [-0.39, 0.29) is 4.91 Å². The SMILES string of the molecule is CCOc1cc(/C=C2\SC(=O)N(CC(N)=O)C2=O)ccc1OCc1cccc(Cl)c1. The highest BCUT2D eigenvalue weighted by molar-refractivity contribution is 8.18. The highest BCUT2D eigenvalue weighted by Gasteiger charge is 2.35. The molecule has 1 fully saturated rings. The molecular weight excluding hydrogens is 428 g/mol. The second kappa shape index (κ2) is 9.69. The molecule has 1 aliphatic rings. The van der Waals surface area contributed by atoms with Gasteiger partial charge >= 0.3 is 0 Å². The fraction of sp³-hybridized carbons (Fsp3) is 0.190. The van der Waals surface area contributed by atoms with E-state index in [0.29, 0.717) is 35.3 Å². The summed E-state index contributed by atoms with van der Waals surface area (Å²) >= 11 is 6.76. The van der Waals surface area contributed by atoms with Gasteiger partial charge in [0.1, 0.15) is 13.2 Å². The number of nitrogens with two attached hydrogens (primary N) is 1. The molecule has 1 aliphatic heterocycles. The summed E-state index contributed by atoms with van der Waals surface area (Å²) in [6.07, 6.45) is 1.56. The van der Waals surface area contributed by atoms with Gasteiger partial charge < -0.3 is 15.2 Å². The molecule has 156 valence electrons. The molecule has 0 saturated carbocycles. The molecule has 2 aromatic carbocycles. The standard InChI is InChI=1S/C21H19ClN2O5S/c1-2-28-17-9-13(10-18-20(26)24(11-19(23)25)21(27)30-18)6-7-16(17)29-12-14-4-3-5-15(22)8-14/h3-10H,2,11-12H2,1H3,(H2,23,25)/b18-10-. The predicted octanol–water partition coefficient (Wildman–Crippen LogP) is 3.84. The Morgan fingerprint density at radius 1 is 1.17 bits per heavy atom. The summed E-state index contributed by atoms with van der Waals surface area (Å²) in [6, 6.07) is 12.6. The van der Waals surface area contributed by atoms with Crippen LogP contribution >= 0.6 is 23.4 Å². The maximum absolute atomic E-state index is 12.4. The summed E-state index contributed by atoms with van der Waals surface area (Å²) in [4.78, 5) is 36.4. The fourth-order valence-corrected chi connectivity index (χ4v) is 3.78. The van der Waals surface area contributed by atoms with E-state index >= 15 is 0 Å². The largest absolute Gasteiger partial charge is 0.490 e. The first kappa shape index (κ1) is 21.7. The number of nitrogens with zero attached hydrogens (tertiary/aromatic N) is 1. The summed E-state index contributed by atoms with van der Waals surface area (Å²) in [5, 5.41) is 0.0957. The van der Waals surface area contributed by atoms with Crippen LogP contribution in [0.3, 0.4) is 0 Å². The summed E-state index contributed by atoms with van der Waals surface area (Å²) in [7, 11) is 0. The van der Waals surface area contributed by atoms with Gasteiger partial charge in [-0.15, -0.1) is 0 Å². The maximum atomic E-state index is 12.4. The van der Waals surface area contributed by atoms with Crippen molar-refractivity contribution < 1.29 is 23.9 Å². The number of carbonyl (C=O) groups excluding carboxylic acids is 3. The van der Waals surface area contributed by atoms with Crippen molar-refractivity contribution in [2.45, 2.75) is 13.5 Å². The van der Waals surface area contributed by atoms with E-state index < -0.39 is 23.6 Å². The summed E-state index contributed by atoms with van der Waals surface area (Å²) in [6.45, 7) is 2.14. The van der Waals surface area contributed by atoms with E-state index in [2.05, 4.69) is 0 Å². The third-order valence-corrected chi connectivity index (χ3v) is 5.18. The second-order valence-electron chi connectivity index (χ2n) is 6.29. The van der Waals surface area contributed by atoms with Crippen molar-refractivity contribution in [2.75, 3.05) is 13.2 Å². The van der Waals surface area contributed by atoms with Crippen LogP contribution in [0.5, 0.6) is 11.5 Å². The fourth-order valence-electron chi connectivity index (χ4n) is 2.73. The number of carbonyl (C=O) groups is 3. The van der Waals surface area contributed by atoms with E-state index in [1.807, 2.05) is 25.1 Å². The molecule has 0 radical (unpaired) electrons. The molecule has 0 spiro atoms. The molecule has 0 unspecified atom stereocenters. The molecule has 2 aromatic rings. The Kier molecular flexibility index (Phi) is 7.02. The van der Waals surface area contributed by atoms with Crippen LogP contribution in [-0.2, 0) is 16.2 Å². The third kappa shape index (κ3) is 5.34. The second-order valence-corrected chi connectivity index (χ2v) is 7.72. The van der Waals surface area contributed by atoms with Crippen LogP contribution < -0.4 is 15.2 Å². The number of rotatable bonds is 8. The molecule has 0 bridgehead atoms. The number of primary amides is 1. The van der Waals surface area contributed by atoms with Crippen molar-refractivity contribution in [1.29, 1.82) is 0 Å². The number of imide groups is 1. The van der Waals surface area contributed by atoms with Crippen molar-refractivity contribution in [3.05, 3.63) is 63.5 Å². The average molecular weight is 447 g/mol. The molecule has 1 heterocycles. The van der Waals surface area contributed by atoms with Crippen molar-refractivity contribution in [3.63, 3.8) is 0 Å². The number of thioether (sulfide) groups is 1. The lowest BCUT2D eigenvalue weighted by molar-refractivity contribution is -0.127. The Morgan fingerprint density at radius 2 is 1.97 bits per heavy atom. The molecule has 0 atom stereocenters. The molecular formula is C21H19ClN2O5S. The minimum Gasteiger partial charge on any atom is -0.490 e. The van der Waals surface area contributed by atoms with Crippen LogP contribution in [0.4, 0.5) is 4.79 Å². The lowest BCUT2D eigenvalue weighted by atomic mass is 10.1. The van der Waals surface area contributed by atoms with Gasteiger partial charge in [0.25, 0.3) is 11.1 Å². The highest BCUT2D eigenvalue weighted by Crippen LogP contribution is 2.34. The van der Waals surface area contributed by atoms with Crippen molar-refractivity contribution >= 4 is 46.5 Å². The number of benzene rings is 2. The lowest BCUT2D eigenvalue weighted by Gasteiger charge is -2.13. The van der Waals surface area contributed by atoms with E-state index in [0.717, 1.165) is 22.2 Å². The first-order valence-electron chi connectivity index (χ1n) is 9.05. The monoisotopic (exact) mass is 446 g/mol. The van der Waals surface area contributed by atoms with Crippen LogP contribution in [0, 0.1) is 0 Å². The normalized spacial score (nSPS) is 15.0. The molecule has 9 heteroatoms. The van der Waals surface area contributed by atoms with Gasteiger partial charge in [-0.1, -0.05) is 29.8 Å². The molecule has 2 N–H and O–H groups in total. The number of amides is 3. The van der Waals surface area contributed by atoms with Crippen LogP contribution in [0.1, 0.15) is 18.1 Å². The Hall–Kier alpha value is -2.97. The molecule has 3 amide bonds. The van der Waals surface area contributed by atoms with Gasteiger partial charge in [-0.05, 0) is 60.2 Å². The third-order valence-electron chi connectivity index (χ3n) is 4.04. The van der Waals surface area contributed by atoms with E-state index in [1.54, 1.807) is 30.3 Å². The molecule has 7 nitrogen and oxygen atoms in total. The lowest BCUT2D eigenvalue weighted by Crippen LogP contribution is -2.36. The van der Waals surface area contributed by atoms with Crippen LogP contribution in [0.2, 0.25) is 5.02 Å². The Bertz CT molecular complexity index is 1020. The van der Waals surface area contributed by atoms with Crippen LogP contribution in [0.15, 0.2) is 47.4 Å². The Morgan fingerprint density at radius 3 is 2.67 bits per heavy atom. The van der Waals surface area contributed by atoms with Crippen molar-refractivity contribution in [2.24, 2.45) is 5.73 Å². The van der Waals surface area contributed by atoms with Gasteiger partial charge in [-0.2, -0.15) is 0 Å². The Labute approximate surface area is 182 Å². The van der Waals surface area contributed by atoms with E-state index in [4.69, 9.17) is 26.8 Å². The van der Waals surface area contributed by atoms with E-state index in [1.165, 1.54) is 0 Å². The summed E-state index contributed by atoms with van der Waals surface area (Å²) in [5.74, 6) is -0.262.